The lowest BCUT2D eigenvalue weighted by molar-refractivity contribution is -0.173. The van der Waals surface area contributed by atoms with Gasteiger partial charge in [0.25, 0.3) is 0 Å². The number of benzene rings is 1. The summed E-state index contributed by atoms with van der Waals surface area (Å²) in [6.45, 7) is 5.82. The minimum atomic E-state index is -0.483. The van der Waals surface area contributed by atoms with Gasteiger partial charge in [-0.15, -0.1) is 0 Å². The smallest absolute Gasteiger partial charge is 0.407 e. The number of carbonyl (C=O) groups excluding carboxylic acids is 2. The van der Waals surface area contributed by atoms with Crippen LogP contribution in [0.4, 0.5) is 4.79 Å². The fourth-order valence-corrected chi connectivity index (χ4v) is 3.93. The lowest BCUT2D eigenvalue weighted by Gasteiger charge is -2.57. The maximum Gasteiger partial charge on any atom is 0.407 e. The number of alkyl carbamates (subject to hydrolysis) is 1. The SMILES string of the molecule is CC(C)(C)OC(=O)COC1CC2(CC(NC(=O)OCc3ccccc3)C2)C1. The molecule has 0 aromatic heterocycles. The first kappa shape index (κ1) is 19.7. The summed E-state index contributed by atoms with van der Waals surface area (Å²) in [5.74, 6) is -0.322. The average Bonchev–Trinajstić information content (AvgIpc) is 2.52. The first-order valence-electron chi connectivity index (χ1n) is 9.54. The molecule has 2 fully saturated rings. The molecule has 148 valence electrons. The van der Waals surface area contributed by atoms with Crippen molar-refractivity contribution in [2.24, 2.45) is 5.41 Å². The second-order valence-electron chi connectivity index (χ2n) is 8.74. The van der Waals surface area contributed by atoms with E-state index in [1.807, 2.05) is 51.1 Å². The Labute approximate surface area is 160 Å². The summed E-state index contributed by atoms with van der Waals surface area (Å²) < 4.78 is 16.1. The Kier molecular flexibility index (Phi) is 5.75. The van der Waals surface area contributed by atoms with E-state index in [1.165, 1.54) is 0 Å². The van der Waals surface area contributed by atoms with Gasteiger partial charge in [0, 0.05) is 6.04 Å². The summed E-state index contributed by atoms with van der Waals surface area (Å²) in [5.41, 5.74) is 0.751. The highest BCUT2D eigenvalue weighted by atomic mass is 16.6. The quantitative estimate of drug-likeness (QED) is 0.769. The largest absolute Gasteiger partial charge is 0.458 e. The van der Waals surface area contributed by atoms with E-state index >= 15 is 0 Å². The van der Waals surface area contributed by atoms with E-state index < -0.39 is 5.60 Å². The van der Waals surface area contributed by atoms with Gasteiger partial charge in [-0.1, -0.05) is 30.3 Å². The van der Waals surface area contributed by atoms with Crippen LogP contribution in [0.5, 0.6) is 0 Å². The predicted molar refractivity (Wildman–Crippen MR) is 100 cm³/mol. The zero-order valence-electron chi connectivity index (χ0n) is 16.3. The van der Waals surface area contributed by atoms with Crippen LogP contribution in [0.25, 0.3) is 0 Å². The summed E-state index contributed by atoms with van der Waals surface area (Å²) in [6.07, 6.45) is 3.51. The van der Waals surface area contributed by atoms with Gasteiger partial charge in [-0.05, 0) is 57.4 Å². The third-order valence-electron chi connectivity index (χ3n) is 5.07. The van der Waals surface area contributed by atoms with Gasteiger partial charge in [-0.3, -0.25) is 0 Å². The van der Waals surface area contributed by atoms with Gasteiger partial charge in [-0.25, -0.2) is 9.59 Å². The fourth-order valence-electron chi connectivity index (χ4n) is 3.93. The van der Waals surface area contributed by atoms with Crippen molar-refractivity contribution in [2.75, 3.05) is 6.61 Å². The molecular weight excluding hydrogens is 346 g/mol. The normalized spacial score (nSPS) is 26.6. The minimum absolute atomic E-state index is 0.00546. The topological polar surface area (TPSA) is 73.9 Å². The molecular formula is C21H29NO5. The number of esters is 1. The first-order chi connectivity index (χ1) is 12.7. The van der Waals surface area contributed by atoms with Crippen LogP contribution in [0.1, 0.15) is 52.0 Å². The van der Waals surface area contributed by atoms with Crippen molar-refractivity contribution in [3.63, 3.8) is 0 Å². The van der Waals surface area contributed by atoms with Gasteiger partial charge < -0.3 is 19.5 Å². The maximum atomic E-state index is 11.9. The van der Waals surface area contributed by atoms with E-state index in [1.54, 1.807) is 0 Å². The third-order valence-corrected chi connectivity index (χ3v) is 5.07. The molecule has 0 bridgehead atoms. The van der Waals surface area contributed by atoms with Gasteiger partial charge in [-0.2, -0.15) is 0 Å². The molecule has 0 unspecified atom stereocenters. The highest BCUT2D eigenvalue weighted by molar-refractivity contribution is 5.71. The highest BCUT2D eigenvalue weighted by Gasteiger charge is 2.53. The fraction of sp³-hybridized carbons (Fsp3) is 0.619. The van der Waals surface area contributed by atoms with Crippen LogP contribution in [0.3, 0.4) is 0 Å². The number of rotatable bonds is 6. The zero-order valence-corrected chi connectivity index (χ0v) is 16.3. The molecule has 1 N–H and O–H groups in total. The summed E-state index contributed by atoms with van der Waals surface area (Å²) in [5, 5.41) is 2.92. The standard InChI is InChI=1S/C21H29NO5/c1-20(2,3)27-18(23)14-25-17-11-21(12-17)9-16(10-21)22-19(24)26-13-15-7-5-4-6-8-15/h4-8,16-17H,9-14H2,1-3H3,(H,22,24). The molecule has 1 spiro atoms. The predicted octanol–water partition coefficient (Wildman–Crippen LogP) is 3.58. The van der Waals surface area contributed by atoms with Crippen LogP contribution in [-0.2, 0) is 25.6 Å². The van der Waals surface area contributed by atoms with Crippen LogP contribution in [0.15, 0.2) is 30.3 Å². The van der Waals surface area contributed by atoms with Crippen LogP contribution < -0.4 is 5.32 Å². The minimum Gasteiger partial charge on any atom is -0.458 e. The van der Waals surface area contributed by atoms with Crippen molar-refractivity contribution in [3.8, 4) is 0 Å². The monoisotopic (exact) mass is 375 g/mol. The molecule has 1 aromatic rings. The van der Waals surface area contributed by atoms with Crippen molar-refractivity contribution in [3.05, 3.63) is 35.9 Å². The molecule has 2 saturated carbocycles. The van der Waals surface area contributed by atoms with Crippen molar-refractivity contribution in [1.82, 2.24) is 5.32 Å². The molecule has 0 radical (unpaired) electrons. The number of amides is 1. The molecule has 0 aliphatic heterocycles. The molecule has 1 aromatic carbocycles. The van der Waals surface area contributed by atoms with Crippen molar-refractivity contribution >= 4 is 12.1 Å². The zero-order chi connectivity index (χ0) is 19.5. The van der Waals surface area contributed by atoms with Gasteiger partial charge in [0.15, 0.2) is 0 Å². The number of nitrogens with one attached hydrogen (secondary N) is 1. The molecule has 1 amide bonds. The van der Waals surface area contributed by atoms with Gasteiger partial charge in [0.2, 0.25) is 0 Å². The highest BCUT2D eigenvalue weighted by Crippen LogP contribution is 2.56. The summed E-state index contributed by atoms with van der Waals surface area (Å²) in [6, 6.07) is 9.80. The Balaban J connectivity index is 1.27. The number of hydrogen-bond donors (Lipinski definition) is 1. The Bertz CT molecular complexity index is 653. The van der Waals surface area contributed by atoms with E-state index in [0.717, 1.165) is 31.2 Å². The molecule has 0 saturated heterocycles. The third kappa shape index (κ3) is 5.70. The second-order valence-corrected chi connectivity index (χ2v) is 8.74. The molecule has 0 atom stereocenters. The van der Waals surface area contributed by atoms with Crippen LogP contribution in [-0.4, -0.2) is 36.4 Å². The van der Waals surface area contributed by atoms with E-state index in [2.05, 4.69) is 5.32 Å². The molecule has 6 nitrogen and oxygen atoms in total. The Morgan fingerprint density at radius 2 is 1.78 bits per heavy atom. The van der Waals surface area contributed by atoms with Crippen molar-refractivity contribution in [2.45, 2.75) is 70.8 Å². The lowest BCUT2D eigenvalue weighted by Crippen LogP contribution is -2.58. The molecule has 2 aliphatic carbocycles. The molecule has 3 rings (SSSR count). The van der Waals surface area contributed by atoms with Gasteiger partial charge in [0.05, 0.1) is 6.10 Å². The Morgan fingerprint density at radius 3 is 2.41 bits per heavy atom. The lowest BCUT2D eigenvalue weighted by atomic mass is 9.53. The van der Waals surface area contributed by atoms with Crippen molar-refractivity contribution < 1.29 is 23.8 Å². The van der Waals surface area contributed by atoms with E-state index in [4.69, 9.17) is 14.2 Å². The molecule has 6 heteroatoms. The maximum absolute atomic E-state index is 11.9. The molecule has 2 aliphatic rings. The van der Waals surface area contributed by atoms with E-state index in [0.29, 0.717) is 0 Å². The number of ether oxygens (including phenoxy) is 3. The number of carbonyl (C=O) groups is 2. The molecule has 0 heterocycles. The second kappa shape index (κ2) is 7.89. The number of hydrogen-bond acceptors (Lipinski definition) is 5. The van der Waals surface area contributed by atoms with E-state index in [9.17, 15) is 9.59 Å². The Morgan fingerprint density at radius 1 is 1.11 bits per heavy atom. The van der Waals surface area contributed by atoms with E-state index in [-0.39, 0.29) is 42.8 Å². The first-order valence-corrected chi connectivity index (χ1v) is 9.54. The summed E-state index contributed by atoms with van der Waals surface area (Å²) in [4.78, 5) is 23.6. The van der Waals surface area contributed by atoms with Crippen molar-refractivity contribution in [1.29, 1.82) is 0 Å². The Hall–Kier alpha value is -2.08. The summed E-state index contributed by atoms with van der Waals surface area (Å²) in [7, 11) is 0. The van der Waals surface area contributed by atoms with Crippen LogP contribution >= 0.6 is 0 Å². The van der Waals surface area contributed by atoms with Crippen LogP contribution in [0, 0.1) is 5.41 Å². The average molecular weight is 375 g/mol. The van der Waals surface area contributed by atoms with Crippen LogP contribution in [0.2, 0.25) is 0 Å². The van der Waals surface area contributed by atoms with Gasteiger partial charge >= 0.3 is 12.1 Å². The molecule has 27 heavy (non-hydrogen) atoms. The van der Waals surface area contributed by atoms with Gasteiger partial charge in [0.1, 0.15) is 18.8 Å². The summed E-state index contributed by atoms with van der Waals surface area (Å²) >= 11 is 0.